The van der Waals surface area contributed by atoms with Crippen LogP contribution in [-0.4, -0.2) is 64.9 Å². The maximum Gasteiger partial charge on any atom is 0.230 e. The van der Waals surface area contributed by atoms with Crippen LogP contribution in [0, 0.1) is 0 Å². The van der Waals surface area contributed by atoms with E-state index >= 15 is 0 Å². The molecule has 3 rings (SSSR count). The highest BCUT2D eigenvalue weighted by Gasteiger charge is 2.35. The number of aliphatic hydroxyl groups excluding tert-OH is 1. The fourth-order valence-corrected chi connectivity index (χ4v) is 2.63. The topological polar surface area (TPSA) is 65.6 Å². The minimum atomic E-state index is -0.186. The van der Waals surface area contributed by atoms with Crippen LogP contribution < -0.4 is 0 Å². The summed E-state index contributed by atoms with van der Waals surface area (Å²) >= 11 is 0. The zero-order chi connectivity index (χ0) is 12.7. The molecule has 18 heavy (non-hydrogen) atoms. The lowest BCUT2D eigenvalue weighted by atomic mass is 9.82. The van der Waals surface area contributed by atoms with Crippen molar-refractivity contribution in [1.29, 1.82) is 0 Å². The van der Waals surface area contributed by atoms with E-state index in [1.54, 1.807) is 0 Å². The fraction of sp³-hybridized carbons (Fsp3) is 0.833. The number of piperazine rings is 1. The van der Waals surface area contributed by atoms with E-state index in [4.69, 9.17) is 4.52 Å². The van der Waals surface area contributed by atoms with E-state index in [0.29, 0.717) is 5.89 Å². The second-order valence-electron chi connectivity index (χ2n) is 5.57. The molecular formula is C12H20N4O2. The number of likely N-dealkylation sites (N-methyl/N-ethyl adjacent to an activating group) is 2. The molecule has 1 aliphatic heterocycles. The van der Waals surface area contributed by atoms with Crippen molar-refractivity contribution in [2.45, 2.75) is 30.9 Å². The predicted molar refractivity (Wildman–Crippen MR) is 65.1 cm³/mol. The maximum atomic E-state index is 9.31. The summed E-state index contributed by atoms with van der Waals surface area (Å²) in [5, 5.41) is 13.4. The summed E-state index contributed by atoms with van der Waals surface area (Å²) in [6.07, 6.45) is 1.32. The Hall–Kier alpha value is -0.980. The number of aromatic nitrogens is 2. The first-order valence-electron chi connectivity index (χ1n) is 6.54. The number of hydrogen-bond acceptors (Lipinski definition) is 6. The Labute approximate surface area is 107 Å². The number of rotatable bonds is 2. The quantitative estimate of drug-likeness (QED) is 0.812. The molecule has 2 heterocycles. The molecule has 0 spiro atoms. The van der Waals surface area contributed by atoms with Gasteiger partial charge in [0.15, 0.2) is 5.82 Å². The molecule has 2 aliphatic rings. The van der Waals surface area contributed by atoms with E-state index in [2.05, 4.69) is 34.0 Å². The first-order chi connectivity index (χ1) is 8.63. The van der Waals surface area contributed by atoms with Crippen molar-refractivity contribution in [2.75, 3.05) is 33.7 Å². The van der Waals surface area contributed by atoms with Gasteiger partial charge in [-0.2, -0.15) is 4.98 Å². The lowest BCUT2D eigenvalue weighted by Gasteiger charge is -2.35. The van der Waals surface area contributed by atoms with Gasteiger partial charge in [-0.15, -0.1) is 0 Å². The lowest BCUT2D eigenvalue weighted by molar-refractivity contribution is 0.0624. The molecule has 1 saturated carbocycles. The van der Waals surface area contributed by atoms with Gasteiger partial charge in [-0.25, -0.2) is 0 Å². The molecule has 1 atom stereocenters. The number of hydrogen-bond donors (Lipinski definition) is 1. The summed E-state index contributed by atoms with van der Waals surface area (Å²) < 4.78 is 5.34. The van der Waals surface area contributed by atoms with Crippen LogP contribution in [0.1, 0.15) is 36.5 Å². The Morgan fingerprint density at radius 2 is 2.06 bits per heavy atom. The fourth-order valence-electron chi connectivity index (χ4n) is 2.63. The van der Waals surface area contributed by atoms with Crippen molar-refractivity contribution in [3.05, 3.63) is 11.7 Å². The highest BCUT2D eigenvalue weighted by molar-refractivity contribution is 5.04. The molecule has 100 valence electrons. The summed E-state index contributed by atoms with van der Waals surface area (Å²) in [5.74, 6) is 1.73. The first-order valence-corrected chi connectivity index (χ1v) is 6.54. The highest BCUT2D eigenvalue weighted by atomic mass is 16.5. The Morgan fingerprint density at radius 1 is 1.28 bits per heavy atom. The smallest absolute Gasteiger partial charge is 0.230 e. The Kier molecular flexibility index (Phi) is 3.09. The van der Waals surface area contributed by atoms with Crippen molar-refractivity contribution in [3.8, 4) is 0 Å². The third-order valence-electron chi connectivity index (χ3n) is 4.07. The molecule has 6 heteroatoms. The van der Waals surface area contributed by atoms with Crippen LogP contribution in [0.5, 0.6) is 0 Å². The van der Waals surface area contributed by atoms with Gasteiger partial charge < -0.3 is 14.5 Å². The van der Waals surface area contributed by atoms with Gasteiger partial charge in [-0.1, -0.05) is 5.16 Å². The van der Waals surface area contributed by atoms with Gasteiger partial charge in [0.25, 0.3) is 0 Å². The summed E-state index contributed by atoms with van der Waals surface area (Å²) in [6.45, 7) is 3.03. The molecule has 0 radical (unpaired) electrons. The van der Waals surface area contributed by atoms with E-state index in [1.807, 2.05) is 0 Å². The second-order valence-corrected chi connectivity index (χ2v) is 5.57. The molecule has 1 aliphatic carbocycles. The summed E-state index contributed by atoms with van der Waals surface area (Å²) in [5.41, 5.74) is 0. The molecule has 0 amide bonds. The third kappa shape index (κ3) is 2.15. The van der Waals surface area contributed by atoms with Crippen molar-refractivity contribution in [2.24, 2.45) is 0 Å². The average Bonchev–Trinajstić information content (AvgIpc) is 2.77. The molecule has 6 nitrogen and oxygen atoms in total. The summed E-state index contributed by atoms with van der Waals surface area (Å²) in [6, 6.07) is 0.214. The SMILES string of the molecule is CN1CCN(C)C(c2noc(C3CC(O)C3)n2)C1. The molecular weight excluding hydrogens is 232 g/mol. The van der Waals surface area contributed by atoms with Crippen LogP contribution in [0.25, 0.3) is 0 Å². The molecule has 1 aromatic rings. The maximum absolute atomic E-state index is 9.31. The molecule has 1 saturated heterocycles. The molecule has 1 aromatic heterocycles. The zero-order valence-electron chi connectivity index (χ0n) is 10.9. The normalized spacial score (nSPS) is 34.5. The molecule has 0 aromatic carbocycles. The Morgan fingerprint density at radius 3 is 2.78 bits per heavy atom. The minimum absolute atomic E-state index is 0.186. The van der Waals surface area contributed by atoms with E-state index in [9.17, 15) is 5.11 Å². The largest absolute Gasteiger partial charge is 0.393 e. The van der Waals surface area contributed by atoms with Crippen molar-refractivity contribution >= 4 is 0 Å². The molecule has 1 N–H and O–H groups in total. The second kappa shape index (κ2) is 4.60. The van der Waals surface area contributed by atoms with E-state index < -0.39 is 0 Å². The predicted octanol–water partition coefficient (Wildman–Crippen LogP) is 0.226. The molecule has 1 unspecified atom stereocenters. The minimum Gasteiger partial charge on any atom is -0.393 e. The van der Waals surface area contributed by atoms with E-state index in [0.717, 1.165) is 38.3 Å². The van der Waals surface area contributed by atoms with Gasteiger partial charge in [0, 0.05) is 25.6 Å². The van der Waals surface area contributed by atoms with Crippen LogP contribution in [-0.2, 0) is 0 Å². The summed E-state index contributed by atoms with van der Waals surface area (Å²) in [7, 11) is 4.21. The standard InChI is InChI=1S/C12H20N4O2/c1-15-3-4-16(2)10(7-15)11-13-12(18-14-11)8-5-9(17)6-8/h8-10,17H,3-7H2,1-2H3. The number of aliphatic hydroxyl groups is 1. The Bertz CT molecular complexity index is 416. The van der Waals surface area contributed by atoms with Gasteiger partial charge in [-0.05, 0) is 26.9 Å². The van der Waals surface area contributed by atoms with Crippen LogP contribution >= 0.6 is 0 Å². The van der Waals surface area contributed by atoms with Gasteiger partial charge in [0.2, 0.25) is 5.89 Å². The van der Waals surface area contributed by atoms with Gasteiger partial charge >= 0.3 is 0 Å². The van der Waals surface area contributed by atoms with Crippen LogP contribution in [0.15, 0.2) is 4.52 Å². The van der Waals surface area contributed by atoms with Crippen molar-refractivity contribution in [1.82, 2.24) is 19.9 Å². The highest BCUT2D eigenvalue weighted by Crippen LogP contribution is 2.36. The van der Waals surface area contributed by atoms with E-state index in [1.165, 1.54) is 0 Å². The third-order valence-corrected chi connectivity index (χ3v) is 4.07. The first kappa shape index (κ1) is 12.1. The number of nitrogens with zero attached hydrogens (tertiary/aromatic N) is 4. The Balaban J connectivity index is 1.72. The molecule has 2 fully saturated rings. The van der Waals surface area contributed by atoms with Crippen LogP contribution in [0.4, 0.5) is 0 Å². The van der Waals surface area contributed by atoms with Crippen molar-refractivity contribution in [3.63, 3.8) is 0 Å². The monoisotopic (exact) mass is 252 g/mol. The average molecular weight is 252 g/mol. The zero-order valence-corrected chi connectivity index (χ0v) is 10.9. The van der Waals surface area contributed by atoms with Crippen LogP contribution in [0.2, 0.25) is 0 Å². The van der Waals surface area contributed by atoms with Gasteiger partial charge in [0.1, 0.15) is 0 Å². The lowest BCUT2D eigenvalue weighted by Crippen LogP contribution is -2.45. The summed E-state index contributed by atoms with van der Waals surface area (Å²) in [4.78, 5) is 9.07. The molecule has 0 bridgehead atoms. The van der Waals surface area contributed by atoms with Crippen LogP contribution in [0.3, 0.4) is 0 Å². The van der Waals surface area contributed by atoms with Crippen molar-refractivity contribution < 1.29 is 9.63 Å². The van der Waals surface area contributed by atoms with E-state index in [-0.39, 0.29) is 18.1 Å². The van der Waals surface area contributed by atoms with Gasteiger partial charge in [0.05, 0.1) is 12.1 Å². The van der Waals surface area contributed by atoms with Gasteiger partial charge in [-0.3, -0.25) is 4.90 Å².